The molecule has 2 aromatic heterocycles. The average molecular weight is 423 g/mol. The number of fused-ring (bicyclic) bond motifs is 1. The first kappa shape index (κ1) is 20.1. The summed E-state index contributed by atoms with van der Waals surface area (Å²) in [6, 6.07) is 3.83. The van der Waals surface area contributed by atoms with Crippen LogP contribution in [0.25, 0.3) is 11.0 Å². The minimum Gasteiger partial charge on any atom is -0.593 e. The van der Waals surface area contributed by atoms with Crippen LogP contribution in [-0.2, 0) is 11.4 Å². The number of H-pyrrole nitrogens is 1. The molecule has 0 amide bonds. The van der Waals surface area contributed by atoms with Crippen LogP contribution in [0.4, 0.5) is 14.5 Å². The van der Waals surface area contributed by atoms with Crippen molar-refractivity contribution in [3.8, 4) is 6.07 Å². The fraction of sp³-hybridized carbons (Fsp3) is 0.167. The van der Waals surface area contributed by atoms with E-state index in [9.17, 15) is 18.1 Å². The summed E-state index contributed by atoms with van der Waals surface area (Å²) in [5.41, 5.74) is -0.981. The molecule has 1 aromatic carbocycles. The average Bonchev–Trinajstić information content (AvgIpc) is 3.09. The molecule has 0 fully saturated rings. The molecule has 0 spiro atoms. The van der Waals surface area contributed by atoms with Crippen molar-refractivity contribution in [2.24, 2.45) is 0 Å². The maximum Gasteiger partial charge on any atom is 0.201 e. The lowest BCUT2D eigenvalue weighted by Gasteiger charge is -2.13. The van der Waals surface area contributed by atoms with Gasteiger partial charge in [-0.2, -0.15) is 5.26 Å². The van der Waals surface area contributed by atoms with Crippen LogP contribution in [0.2, 0.25) is 5.02 Å². The van der Waals surface area contributed by atoms with Gasteiger partial charge in [-0.25, -0.2) is 18.5 Å². The molecule has 144 valence electrons. The number of carbonyl (C=O) groups excluding carboxylic acids is 1. The van der Waals surface area contributed by atoms with E-state index < -0.39 is 34.3 Å². The summed E-state index contributed by atoms with van der Waals surface area (Å²) in [4.78, 5) is 19.6. The molecule has 1 atom stereocenters. The highest BCUT2D eigenvalue weighted by atomic mass is 35.5. The summed E-state index contributed by atoms with van der Waals surface area (Å²) < 4.78 is 43.5. The first-order valence-corrected chi connectivity index (χ1v) is 9.82. The van der Waals surface area contributed by atoms with E-state index >= 15 is 0 Å². The Bertz CT molecular complexity index is 1110. The lowest BCUT2D eigenvalue weighted by atomic mass is 10.0. The van der Waals surface area contributed by atoms with Gasteiger partial charge in [0, 0.05) is 17.8 Å². The van der Waals surface area contributed by atoms with Crippen LogP contribution >= 0.6 is 11.6 Å². The number of halogens is 3. The molecule has 2 heterocycles. The zero-order valence-electron chi connectivity index (χ0n) is 14.5. The smallest absolute Gasteiger partial charge is 0.201 e. The number of anilines is 1. The summed E-state index contributed by atoms with van der Waals surface area (Å²) in [5.74, 6) is -2.96. The minimum absolute atomic E-state index is 0.0224. The summed E-state index contributed by atoms with van der Waals surface area (Å²) in [5, 5.41) is 9.14. The van der Waals surface area contributed by atoms with Crippen molar-refractivity contribution in [1.82, 2.24) is 9.97 Å². The molecular formula is C18H13ClF2N4O2S. The lowest BCUT2D eigenvalue weighted by Crippen LogP contribution is -2.18. The van der Waals surface area contributed by atoms with Crippen LogP contribution in [0.3, 0.4) is 0 Å². The van der Waals surface area contributed by atoms with Crippen LogP contribution in [0.1, 0.15) is 34.8 Å². The predicted molar refractivity (Wildman–Crippen MR) is 103 cm³/mol. The van der Waals surface area contributed by atoms with Crippen LogP contribution in [-0.4, -0.2) is 26.1 Å². The van der Waals surface area contributed by atoms with Gasteiger partial charge in [-0.05, 0) is 18.6 Å². The Labute approximate surface area is 166 Å². The van der Waals surface area contributed by atoms with Crippen molar-refractivity contribution in [1.29, 1.82) is 5.26 Å². The van der Waals surface area contributed by atoms with Crippen LogP contribution in [0.5, 0.6) is 0 Å². The number of aromatic amines is 1. The van der Waals surface area contributed by atoms with E-state index in [2.05, 4.69) is 14.7 Å². The molecule has 1 unspecified atom stereocenters. The van der Waals surface area contributed by atoms with Crippen molar-refractivity contribution in [2.75, 3.05) is 10.5 Å². The van der Waals surface area contributed by atoms with Crippen molar-refractivity contribution in [3.63, 3.8) is 0 Å². The summed E-state index contributed by atoms with van der Waals surface area (Å²) in [6.45, 7) is 1.81. The molecule has 0 saturated heterocycles. The molecule has 0 aliphatic heterocycles. The minimum atomic E-state index is -1.57. The maximum absolute atomic E-state index is 14.9. The third kappa shape index (κ3) is 3.54. The Morgan fingerprint density at radius 2 is 2.21 bits per heavy atom. The number of hydrogen-bond donors (Lipinski definition) is 2. The number of hydrogen-bond acceptors (Lipinski definition) is 5. The Hall–Kier alpha value is -2.67. The molecule has 2 N–H and O–H groups in total. The molecule has 0 aliphatic rings. The number of aromatic nitrogens is 2. The maximum atomic E-state index is 14.9. The van der Waals surface area contributed by atoms with Gasteiger partial charge < -0.3 is 9.54 Å². The number of rotatable bonds is 6. The first-order chi connectivity index (χ1) is 13.4. The second-order valence-corrected chi connectivity index (χ2v) is 7.47. The number of pyridine rings is 1. The van der Waals surface area contributed by atoms with E-state index in [1.165, 1.54) is 12.4 Å². The van der Waals surface area contributed by atoms with E-state index in [4.69, 9.17) is 16.9 Å². The molecule has 3 rings (SSSR count). The Morgan fingerprint density at radius 1 is 1.46 bits per heavy atom. The van der Waals surface area contributed by atoms with Crippen LogP contribution < -0.4 is 4.72 Å². The second-order valence-electron chi connectivity index (χ2n) is 5.79. The number of nitrogens with one attached hydrogen (secondary N) is 2. The standard InChI is InChI=1S/C18H13ClF2N4O2S/c1-2-5-28(27)25-12-4-3-11(20)14(16(12)21)17(26)10-8-24-18-13(10)15(19)9(6-22)7-23-18/h3-4,7-8,25H,2,5H2,1H3,(H,23,24). The summed E-state index contributed by atoms with van der Waals surface area (Å²) in [6.07, 6.45) is 3.04. The highest BCUT2D eigenvalue weighted by Crippen LogP contribution is 2.32. The Kier molecular flexibility index (Phi) is 5.84. The third-order valence-corrected chi connectivity index (χ3v) is 5.55. The van der Waals surface area contributed by atoms with Gasteiger partial charge in [0.05, 0.1) is 33.1 Å². The molecule has 10 heteroatoms. The van der Waals surface area contributed by atoms with Crippen molar-refractivity contribution in [2.45, 2.75) is 13.3 Å². The highest BCUT2D eigenvalue weighted by Gasteiger charge is 2.27. The molecular weight excluding hydrogens is 410 g/mol. The molecule has 6 nitrogen and oxygen atoms in total. The van der Waals surface area contributed by atoms with Gasteiger partial charge in [0.15, 0.2) is 5.82 Å². The first-order valence-electron chi connectivity index (χ1n) is 8.12. The topological polar surface area (TPSA) is 105 Å². The van der Waals surface area contributed by atoms with Gasteiger partial charge in [-0.15, -0.1) is 0 Å². The molecule has 0 radical (unpaired) electrons. The van der Waals surface area contributed by atoms with Crippen LogP contribution in [0.15, 0.2) is 24.5 Å². The second kappa shape index (κ2) is 8.14. The fourth-order valence-corrected chi connectivity index (χ4v) is 3.81. The molecule has 28 heavy (non-hydrogen) atoms. The fourth-order valence-electron chi connectivity index (χ4n) is 2.65. The van der Waals surface area contributed by atoms with Gasteiger partial charge >= 0.3 is 0 Å². The summed E-state index contributed by atoms with van der Waals surface area (Å²) in [7, 11) is 0. The summed E-state index contributed by atoms with van der Waals surface area (Å²) >= 11 is 4.59. The normalized spacial score (nSPS) is 12.0. The molecule has 0 bridgehead atoms. The monoisotopic (exact) mass is 422 g/mol. The van der Waals surface area contributed by atoms with E-state index in [1.54, 1.807) is 6.92 Å². The number of carbonyl (C=O) groups is 1. The molecule has 0 aliphatic carbocycles. The van der Waals surface area contributed by atoms with E-state index in [-0.39, 0.29) is 38.6 Å². The van der Waals surface area contributed by atoms with E-state index in [1.807, 2.05) is 6.07 Å². The number of ketones is 1. The number of nitrogens with zero attached hydrogens (tertiary/aromatic N) is 2. The molecule has 3 aromatic rings. The van der Waals surface area contributed by atoms with Gasteiger partial charge in [0.2, 0.25) is 5.78 Å². The Balaban J connectivity index is 2.11. The highest BCUT2D eigenvalue weighted by molar-refractivity contribution is 7.92. The number of nitriles is 1. The van der Waals surface area contributed by atoms with Gasteiger partial charge in [0.25, 0.3) is 0 Å². The van der Waals surface area contributed by atoms with Crippen molar-refractivity contribution in [3.05, 3.63) is 57.9 Å². The lowest BCUT2D eigenvalue weighted by molar-refractivity contribution is 0.103. The zero-order valence-corrected chi connectivity index (χ0v) is 16.0. The van der Waals surface area contributed by atoms with Crippen LogP contribution in [0, 0.1) is 23.0 Å². The Morgan fingerprint density at radius 3 is 2.89 bits per heavy atom. The quantitative estimate of drug-likeness (QED) is 0.460. The van der Waals surface area contributed by atoms with Crippen molar-refractivity contribution >= 4 is 45.5 Å². The van der Waals surface area contributed by atoms with Gasteiger partial charge in [-0.1, -0.05) is 18.5 Å². The predicted octanol–water partition coefficient (Wildman–Crippen LogP) is 4.08. The third-order valence-electron chi connectivity index (χ3n) is 3.93. The van der Waals surface area contributed by atoms with Crippen molar-refractivity contribution < 1.29 is 18.1 Å². The van der Waals surface area contributed by atoms with Gasteiger partial charge in [-0.3, -0.25) is 4.79 Å². The number of benzene rings is 1. The van der Waals surface area contributed by atoms with E-state index in [0.29, 0.717) is 6.42 Å². The molecule has 0 saturated carbocycles. The van der Waals surface area contributed by atoms with Gasteiger partial charge in [0.1, 0.15) is 29.0 Å². The zero-order chi connectivity index (χ0) is 20.4. The van der Waals surface area contributed by atoms with E-state index in [0.717, 1.165) is 12.1 Å². The SMILES string of the molecule is CCC[S+]([O-])Nc1ccc(F)c(C(=O)c2c[nH]c3ncc(C#N)c(Cl)c23)c1F. The largest absolute Gasteiger partial charge is 0.593 e.